The Morgan fingerprint density at radius 3 is 2.43 bits per heavy atom. The number of hydrogen-bond donors (Lipinski definition) is 0. The minimum Gasteiger partial charge on any atom is -0.496 e. The molecule has 0 spiro atoms. The van der Waals surface area contributed by atoms with Crippen LogP contribution in [-0.4, -0.2) is 12.9 Å². The molecular weight excluding hydrogens is 463 g/mol. The molecule has 0 amide bonds. The van der Waals surface area contributed by atoms with Crippen LogP contribution in [0.4, 0.5) is 0 Å². The van der Waals surface area contributed by atoms with E-state index in [2.05, 4.69) is 6.92 Å². The van der Waals surface area contributed by atoms with Crippen LogP contribution in [0.1, 0.15) is 32.6 Å². The van der Waals surface area contributed by atoms with E-state index in [1.165, 1.54) is 16.2 Å². The van der Waals surface area contributed by atoms with E-state index >= 15 is 0 Å². The quantitative estimate of drug-likeness (QED) is 0.244. The fraction of sp³-hybridized carbons (Fsp3) is 0.174. The Bertz CT molecular complexity index is 1070. The van der Waals surface area contributed by atoms with Crippen LogP contribution in [0.2, 0.25) is 15.1 Å². The van der Waals surface area contributed by atoms with Gasteiger partial charge >= 0.3 is 0 Å². The summed E-state index contributed by atoms with van der Waals surface area (Å²) in [6.07, 6.45) is 4.27. The summed E-state index contributed by atoms with van der Waals surface area (Å²) < 4.78 is 11.2. The molecule has 156 valence electrons. The van der Waals surface area contributed by atoms with E-state index in [0.717, 1.165) is 22.4 Å². The molecule has 7 heteroatoms. The van der Waals surface area contributed by atoms with E-state index in [0.29, 0.717) is 26.6 Å². The second-order valence-corrected chi connectivity index (χ2v) is 8.79. The van der Waals surface area contributed by atoms with Gasteiger partial charge in [-0.05, 0) is 54.5 Å². The Kier molecular flexibility index (Phi) is 7.84. The van der Waals surface area contributed by atoms with Crippen LogP contribution in [-0.2, 0) is 13.0 Å². The number of ketones is 1. The summed E-state index contributed by atoms with van der Waals surface area (Å²) >= 11 is 19.8. The van der Waals surface area contributed by atoms with Crippen molar-refractivity contribution in [1.29, 1.82) is 0 Å². The average molecular weight is 482 g/mol. The molecule has 0 saturated carbocycles. The summed E-state index contributed by atoms with van der Waals surface area (Å²) in [5, 5.41) is 1.09. The predicted molar refractivity (Wildman–Crippen MR) is 126 cm³/mol. The third kappa shape index (κ3) is 5.58. The zero-order valence-electron chi connectivity index (χ0n) is 16.4. The number of carbonyl (C=O) groups excluding carboxylic acids is 1. The summed E-state index contributed by atoms with van der Waals surface area (Å²) in [4.78, 5) is 14.3. The molecule has 2 aromatic carbocycles. The maximum Gasteiger partial charge on any atom is 0.195 e. The molecule has 0 radical (unpaired) electrons. The highest BCUT2D eigenvalue weighted by Crippen LogP contribution is 2.36. The van der Waals surface area contributed by atoms with Crippen molar-refractivity contribution in [3.63, 3.8) is 0 Å². The number of carbonyl (C=O) groups is 1. The summed E-state index contributed by atoms with van der Waals surface area (Å²) in [5.41, 5.74) is 1.64. The van der Waals surface area contributed by atoms with E-state index in [1.54, 1.807) is 31.4 Å². The summed E-state index contributed by atoms with van der Waals surface area (Å²) in [6.45, 7) is 2.26. The molecule has 0 fully saturated rings. The minimum absolute atomic E-state index is 0.0203. The van der Waals surface area contributed by atoms with Gasteiger partial charge in [-0.3, -0.25) is 4.79 Å². The van der Waals surface area contributed by atoms with Crippen molar-refractivity contribution in [1.82, 2.24) is 0 Å². The molecule has 0 aliphatic heterocycles. The topological polar surface area (TPSA) is 35.5 Å². The minimum atomic E-state index is -0.0203. The number of thiophene rings is 1. The molecule has 1 heterocycles. The molecule has 1 aromatic heterocycles. The number of rotatable bonds is 8. The lowest BCUT2D eigenvalue weighted by molar-refractivity contribution is 0.105. The van der Waals surface area contributed by atoms with E-state index in [1.807, 2.05) is 30.3 Å². The van der Waals surface area contributed by atoms with Crippen LogP contribution in [0.15, 0.2) is 48.5 Å². The number of benzene rings is 2. The molecule has 0 aliphatic carbocycles. The van der Waals surface area contributed by atoms with E-state index in [9.17, 15) is 4.79 Å². The number of ether oxygens (including phenoxy) is 2. The number of methoxy groups -OCH3 is 1. The summed E-state index contributed by atoms with van der Waals surface area (Å²) in [7, 11) is 1.59. The Morgan fingerprint density at radius 2 is 1.80 bits per heavy atom. The van der Waals surface area contributed by atoms with Crippen LogP contribution < -0.4 is 9.47 Å². The van der Waals surface area contributed by atoms with Crippen LogP contribution >= 0.6 is 46.1 Å². The van der Waals surface area contributed by atoms with E-state index < -0.39 is 0 Å². The van der Waals surface area contributed by atoms with Crippen molar-refractivity contribution in [2.24, 2.45) is 0 Å². The second kappa shape index (κ2) is 10.4. The van der Waals surface area contributed by atoms with Crippen molar-refractivity contribution in [2.45, 2.75) is 20.0 Å². The summed E-state index contributed by atoms with van der Waals surface area (Å²) in [6, 6.07) is 12.6. The highest BCUT2D eigenvalue weighted by atomic mass is 35.5. The molecule has 3 nitrogen and oxygen atoms in total. The van der Waals surface area contributed by atoms with Gasteiger partial charge in [-0.15, -0.1) is 11.3 Å². The van der Waals surface area contributed by atoms with Crippen LogP contribution in [0.5, 0.6) is 11.5 Å². The molecule has 0 saturated heterocycles. The fourth-order valence-electron chi connectivity index (χ4n) is 2.79. The first-order chi connectivity index (χ1) is 14.4. The first-order valence-corrected chi connectivity index (χ1v) is 11.1. The van der Waals surface area contributed by atoms with Gasteiger partial charge in [-0.2, -0.15) is 0 Å². The number of halogens is 3. The third-order valence-electron chi connectivity index (χ3n) is 4.32. The van der Waals surface area contributed by atoms with Gasteiger partial charge in [0.1, 0.15) is 12.4 Å². The normalized spacial score (nSPS) is 11.1. The maximum atomic E-state index is 12.4. The van der Waals surface area contributed by atoms with Crippen molar-refractivity contribution in [2.75, 3.05) is 7.11 Å². The predicted octanol–water partition coefficient (Wildman–Crippen LogP) is 7.75. The van der Waals surface area contributed by atoms with Gasteiger partial charge in [0.2, 0.25) is 0 Å². The number of allylic oxidation sites excluding steroid dienone is 1. The van der Waals surface area contributed by atoms with Crippen molar-refractivity contribution < 1.29 is 14.3 Å². The van der Waals surface area contributed by atoms with E-state index in [4.69, 9.17) is 44.3 Å². The van der Waals surface area contributed by atoms with Crippen molar-refractivity contribution in [3.8, 4) is 11.5 Å². The molecule has 0 aliphatic rings. The van der Waals surface area contributed by atoms with Gasteiger partial charge in [-0.25, -0.2) is 0 Å². The zero-order chi connectivity index (χ0) is 21.7. The molecule has 30 heavy (non-hydrogen) atoms. The number of hydrogen-bond acceptors (Lipinski definition) is 4. The Morgan fingerprint density at radius 1 is 1.07 bits per heavy atom. The SMILES string of the molecule is CCc1ccc(C(=O)/C=C/c2ccc(OC)c(COc3c(Cl)cc(Cl)cc3Cl)c2)s1. The molecule has 0 atom stereocenters. The molecule has 3 rings (SSSR count). The third-order valence-corrected chi connectivity index (χ3v) is 6.34. The standard InChI is InChI=1S/C23H19Cl3O3S/c1-3-17-6-9-22(30-17)20(27)7-4-14-5-8-21(28-2)15(10-14)13-29-23-18(25)11-16(24)12-19(23)26/h4-12H,3,13H2,1-2H3/b7-4+. The average Bonchev–Trinajstić information content (AvgIpc) is 3.20. The number of aryl methyl sites for hydroxylation is 1. The van der Waals surface area contributed by atoms with Crippen LogP contribution in [0, 0.1) is 0 Å². The first kappa shape index (κ1) is 22.7. The summed E-state index contributed by atoms with van der Waals surface area (Å²) in [5.74, 6) is 0.990. The fourth-order valence-corrected chi connectivity index (χ4v) is 4.58. The Balaban J connectivity index is 1.77. The van der Waals surface area contributed by atoms with Gasteiger partial charge in [0.25, 0.3) is 0 Å². The zero-order valence-corrected chi connectivity index (χ0v) is 19.5. The second-order valence-electron chi connectivity index (χ2n) is 6.38. The van der Waals surface area contributed by atoms with Gasteiger partial charge in [0.05, 0.1) is 22.0 Å². The lowest BCUT2D eigenvalue weighted by Gasteiger charge is -2.13. The maximum absolute atomic E-state index is 12.4. The highest BCUT2D eigenvalue weighted by Gasteiger charge is 2.12. The van der Waals surface area contributed by atoms with Crippen LogP contribution in [0.25, 0.3) is 6.08 Å². The van der Waals surface area contributed by atoms with Gasteiger partial charge < -0.3 is 9.47 Å². The lowest BCUT2D eigenvalue weighted by Crippen LogP contribution is -2.00. The van der Waals surface area contributed by atoms with E-state index in [-0.39, 0.29) is 12.4 Å². The van der Waals surface area contributed by atoms with Gasteiger partial charge in [0, 0.05) is 15.5 Å². The first-order valence-electron chi connectivity index (χ1n) is 9.16. The molecule has 3 aromatic rings. The van der Waals surface area contributed by atoms with Crippen molar-refractivity contribution in [3.05, 3.63) is 84.5 Å². The van der Waals surface area contributed by atoms with Crippen LogP contribution in [0.3, 0.4) is 0 Å². The highest BCUT2D eigenvalue weighted by molar-refractivity contribution is 7.14. The monoisotopic (exact) mass is 480 g/mol. The Hall–Kier alpha value is -1.98. The molecule has 0 N–H and O–H groups in total. The smallest absolute Gasteiger partial charge is 0.195 e. The van der Waals surface area contributed by atoms with Gasteiger partial charge in [0.15, 0.2) is 11.5 Å². The molecular formula is C23H19Cl3O3S. The largest absolute Gasteiger partial charge is 0.496 e. The Labute approximate surface area is 194 Å². The van der Waals surface area contributed by atoms with Gasteiger partial charge in [-0.1, -0.05) is 53.9 Å². The molecule has 0 bridgehead atoms. The van der Waals surface area contributed by atoms with Crippen molar-refractivity contribution >= 4 is 58.0 Å². The lowest BCUT2D eigenvalue weighted by atomic mass is 10.1. The molecule has 0 unspecified atom stereocenters.